The number of aromatic nitrogens is 1. The Bertz CT molecular complexity index is 760. The van der Waals surface area contributed by atoms with Crippen LogP contribution in [0.25, 0.3) is 10.9 Å². The molecule has 5 atom stereocenters. The summed E-state index contributed by atoms with van der Waals surface area (Å²) in [5, 5.41) is 12.0. The third-order valence-corrected chi connectivity index (χ3v) is 5.96. The predicted octanol–water partition coefficient (Wildman–Crippen LogP) is 1.76. The van der Waals surface area contributed by atoms with Gasteiger partial charge >= 0.3 is 0 Å². The van der Waals surface area contributed by atoms with Crippen molar-refractivity contribution in [3.05, 3.63) is 48.7 Å². The SMILES string of the molecule is C=C[C@H]1C[NH+]2CC[C@@H]1C[C@H]2[C@@H](O)c1cnc2ccc(OC)cc2c1. The van der Waals surface area contributed by atoms with Crippen molar-refractivity contribution in [3.8, 4) is 5.75 Å². The average molecular weight is 325 g/mol. The molecule has 0 aliphatic carbocycles. The Morgan fingerprint density at radius 1 is 1.42 bits per heavy atom. The third kappa shape index (κ3) is 2.60. The van der Waals surface area contributed by atoms with Crippen LogP contribution in [0.1, 0.15) is 24.5 Å². The van der Waals surface area contributed by atoms with E-state index in [4.69, 9.17) is 4.74 Å². The number of pyridine rings is 1. The lowest BCUT2D eigenvalue weighted by molar-refractivity contribution is -0.949. The van der Waals surface area contributed by atoms with E-state index in [9.17, 15) is 5.11 Å². The monoisotopic (exact) mass is 325 g/mol. The second-order valence-electron chi connectivity index (χ2n) is 7.17. The minimum absolute atomic E-state index is 0.268. The van der Waals surface area contributed by atoms with Crippen LogP contribution in [-0.4, -0.2) is 36.3 Å². The zero-order valence-corrected chi connectivity index (χ0v) is 14.1. The van der Waals surface area contributed by atoms with Crippen LogP contribution < -0.4 is 9.64 Å². The molecule has 0 saturated carbocycles. The normalized spacial score (nSPS) is 30.2. The van der Waals surface area contributed by atoms with E-state index < -0.39 is 6.10 Å². The fourth-order valence-electron chi connectivity index (χ4n) is 4.55. The molecule has 1 aromatic carbocycles. The number of aliphatic hydroxyl groups is 1. The molecule has 126 valence electrons. The topological polar surface area (TPSA) is 46.8 Å². The van der Waals surface area contributed by atoms with Gasteiger partial charge < -0.3 is 14.7 Å². The van der Waals surface area contributed by atoms with Crippen LogP contribution in [0.2, 0.25) is 0 Å². The summed E-state index contributed by atoms with van der Waals surface area (Å²) in [6.07, 6.45) is 5.80. The molecule has 0 radical (unpaired) electrons. The van der Waals surface area contributed by atoms with E-state index in [0.29, 0.717) is 11.8 Å². The van der Waals surface area contributed by atoms with Crippen LogP contribution in [0, 0.1) is 11.8 Å². The Morgan fingerprint density at radius 3 is 3.00 bits per heavy atom. The van der Waals surface area contributed by atoms with Gasteiger partial charge in [0.05, 0.1) is 25.7 Å². The maximum Gasteiger partial charge on any atom is 0.132 e. The fraction of sp³-hybridized carbons (Fsp3) is 0.450. The molecule has 0 spiro atoms. The van der Waals surface area contributed by atoms with Crippen molar-refractivity contribution in [1.82, 2.24) is 4.98 Å². The summed E-state index contributed by atoms with van der Waals surface area (Å²) in [6.45, 7) is 6.24. The molecule has 24 heavy (non-hydrogen) atoms. The number of nitrogens with zero attached hydrogens (tertiary/aromatic N) is 1. The van der Waals surface area contributed by atoms with Crippen LogP contribution in [0.4, 0.5) is 0 Å². The number of methoxy groups -OCH3 is 1. The smallest absolute Gasteiger partial charge is 0.132 e. The molecule has 3 aliphatic heterocycles. The minimum Gasteiger partial charge on any atom is -0.497 e. The number of fused-ring (bicyclic) bond motifs is 4. The largest absolute Gasteiger partial charge is 0.497 e. The molecule has 2 N–H and O–H groups in total. The van der Waals surface area contributed by atoms with Crippen LogP contribution >= 0.6 is 0 Å². The molecule has 2 bridgehead atoms. The summed E-state index contributed by atoms with van der Waals surface area (Å²) >= 11 is 0. The van der Waals surface area contributed by atoms with E-state index in [1.54, 1.807) is 7.11 Å². The number of benzene rings is 1. The lowest BCUT2D eigenvalue weighted by Crippen LogP contribution is -3.20. The first kappa shape index (κ1) is 15.6. The van der Waals surface area contributed by atoms with Crippen molar-refractivity contribution >= 4 is 10.9 Å². The van der Waals surface area contributed by atoms with Crippen LogP contribution in [0.5, 0.6) is 5.75 Å². The average Bonchev–Trinajstić information content (AvgIpc) is 2.66. The molecule has 4 heteroatoms. The molecule has 3 aliphatic rings. The summed E-state index contributed by atoms with van der Waals surface area (Å²) in [7, 11) is 1.67. The van der Waals surface area contributed by atoms with Gasteiger partial charge in [-0.05, 0) is 30.2 Å². The summed E-state index contributed by atoms with van der Waals surface area (Å²) in [5.74, 6) is 2.10. The van der Waals surface area contributed by atoms with Gasteiger partial charge in [0.2, 0.25) is 0 Å². The predicted molar refractivity (Wildman–Crippen MR) is 94.2 cm³/mol. The highest BCUT2D eigenvalue weighted by atomic mass is 16.5. The second-order valence-corrected chi connectivity index (χ2v) is 7.17. The van der Waals surface area contributed by atoms with Gasteiger partial charge in [-0.25, -0.2) is 0 Å². The number of piperidine rings is 3. The van der Waals surface area contributed by atoms with E-state index in [0.717, 1.165) is 41.7 Å². The summed E-state index contributed by atoms with van der Waals surface area (Å²) in [4.78, 5) is 6.04. The van der Waals surface area contributed by atoms with Gasteiger partial charge in [0, 0.05) is 35.9 Å². The second kappa shape index (κ2) is 6.19. The standard InChI is InChI=1S/C20H24N2O2/c1-3-13-12-22-7-6-14(13)10-19(22)20(23)16-8-15-9-17(24-2)4-5-18(15)21-11-16/h3-5,8-9,11,13-14,19-20,23H,1,6-7,10,12H2,2H3/p+1/t13-,14+,19-,20-/m0/s1. The van der Waals surface area contributed by atoms with E-state index in [1.807, 2.05) is 24.4 Å². The molecule has 4 nitrogen and oxygen atoms in total. The molecule has 4 heterocycles. The number of rotatable bonds is 4. The van der Waals surface area contributed by atoms with Gasteiger partial charge in [-0.1, -0.05) is 6.08 Å². The number of hydrogen-bond donors (Lipinski definition) is 2. The van der Waals surface area contributed by atoms with Crippen LogP contribution in [0.3, 0.4) is 0 Å². The fourth-order valence-corrected chi connectivity index (χ4v) is 4.55. The molecular weight excluding hydrogens is 300 g/mol. The highest BCUT2D eigenvalue weighted by molar-refractivity contribution is 5.80. The van der Waals surface area contributed by atoms with Crippen molar-refractivity contribution in [3.63, 3.8) is 0 Å². The highest BCUT2D eigenvalue weighted by Crippen LogP contribution is 2.33. The maximum absolute atomic E-state index is 11.0. The quantitative estimate of drug-likeness (QED) is 0.842. The number of aliphatic hydroxyl groups excluding tert-OH is 1. The Balaban J connectivity index is 1.61. The molecule has 5 rings (SSSR count). The summed E-state index contributed by atoms with van der Waals surface area (Å²) in [6, 6.07) is 8.17. The highest BCUT2D eigenvalue weighted by Gasteiger charge is 2.45. The summed E-state index contributed by atoms with van der Waals surface area (Å²) < 4.78 is 5.30. The molecule has 1 unspecified atom stereocenters. The molecule has 1 aromatic heterocycles. The number of quaternary nitrogens is 1. The summed E-state index contributed by atoms with van der Waals surface area (Å²) in [5.41, 5.74) is 1.84. The van der Waals surface area contributed by atoms with Gasteiger partial charge in [0.15, 0.2) is 0 Å². The zero-order chi connectivity index (χ0) is 16.7. The lowest BCUT2D eigenvalue weighted by atomic mass is 9.74. The van der Waals surface area contributed by atoms with Crippen molar-refractivity contribution in [1.29, 1.82) is 0 Å². The van der Waals surface area contributed by atoms with Gasteiger partial charge in [-0.2, -0.15) is 0 Å². The Kier molecular flexibility index (Phi) is 4.02. The first-order valence-electron chi connectivity index (χ1n) is 8.78. The Hall–Kier alpha value is -1.91. The van der Waals surface area contributed by atoms with Crippen molar-refractivity contribution in [2.45, 2.75) is 25.0 Å². The van der Waals surface area contributed by atoms with Gasteiger partial charge in [-0.15, -0.1) is 6.58 Å². The van der Waals surface area contributed by atoms with Gasteiger partial charge in [0.25, 0.3) is 0 Å². The lowest BCUT2D eigenvalue weighted by Gasteiger charge is -2.47. The van der Waals surface area contributed by atoms with E-state index >= 15 is 0 Å². The molecular formula is C20H25N2O2+. The zero-order valence-electron chi connectivity index (χ0n) is 14.1. The van der Waals surface area contributed by atoms with Crippen LogP contribution in [-0.2, 0) is 0 Å². The number of ether oxygens (including phenoxy) is 1. The van der Waals surface area contributed by atoms with E-state index in [-0.39, 0.29) is 6.04 Å². The van der Waals surface area contributed by atoms with Crippen molar-refractivity contribution < 1.29 is 14.7 Å². The molecule has 0 amide bonds. The third-order valence-electron chi connectivity index (χ3n) is 5.96. The van der Waals surface area contributed by atoms with Crippen molar-refractivity contribution in [2.24, 2.45) is 11.8 Å². The first-order chi connectivity index (χ1) is 11.7. The Morgan fingerprint density at radius 2 is 2.29 bits per heavy atom. The number of nitrogens with one attached hydrogen (secondary N) is 1. The molecule has 3 saturated heterocycles. The first-order valence-corrected chi connectivity index (χ1v) is 8.78. The van der Waals surface area contributed by atoms with Crippen molar-refractivity contribution in [2.75, 3.05) is 20.2 Å². The maximum atomic E-state index is 11.0. The molecule has 3 fully saturated rings. The van der Waals surface area contributed by atoms with Crippen LogP contribution in [0.15, 0.2) is 43.1 Å². The minimum atomic E-state index is -0.461. The van der Waals surface area contributed by atoms with Gasteiger partial charge in [-0.3, -0.25) is 4.98 Å². The molecule has 2 aromatic rings. The van der Waals surface area contributed by atoms with Gasteiger partial charge in [0.1, 0.15) is 17.9 Å². The Labute approximate surface area is 142 Å². The van der Waals surface area contributed by atoms with E-state index in [2.05, 4.69) is 23.7 Å². The van der Waals surface area contributed by atoms with E-state index in [1.165, 1.54) is 11.3 Å². The number of hydrogen-bond acceptors (Lipinski definition) is 3.